The van der Waals surface area contributed by atoms with E-state index in [0.29, 0.717) is 0 Å². The van der Waals surface area contributed by atoms with E-state index in [-0.39, 0.29) is 11.5 Å². The average Bonchev–Trinajstić information content (AvgIpc) is 2.85. The first-order chi connectivity index (χ1) is 10.6. The molecule has 0 spiro atoms. The van der Waals surface area contributed by atoms with E-state index in [1.165, 1.54) is 11.1 Å². The largest absolute Gasteiger partial charge is 0.393 e. The molecule has 1 aliphatic carbocycles. The van der Waals surface area contributed by atoms with Crippen molar-refractivity contribution in [3.63, 3.8) is 0 Å². The van der Waals surface area contributed by atoms with Gasteiger partial charge in [-0.2, -0.15) is 0 Å². The molecule has 1 N–H and O–H groups in total. The predicted octanol–water partition coefficient (Wildman–Crippen LogP) is 5.53. The fourth-order valence-corrected chi connectivity index (χ4v) is 4.14. The van der Waals surface area contributed by atoms with Crippen molar-refractivity contribution in [1.82, 2.24) is 0 Å². The number of aliphatic hydroxyl groups excluding tert-OH is 1. The summed E-state index contributed by atoms with van der Waals surface area (Å²) in [5, 5.41) is 10.7. The summed E-state index contributed by atoms with van der Waals surface area (Å²) in [4.78, 5) is 0. The summed E-state index contributed by atoms with van der Waals surface area (Å²) in [6, 6.07) is 17.0. The van der Waals surface area contributed by atoms with E-state index in [0.717, 1.165) is 41.0 Å². The van der Waals surface area contributed by atoms with Crippen molar-refractivity contribution in [1.29, 1.82) is 0 Å². The highest BCUT2D eigenvalue weighted by Crippen LogP contribution is 2.44. The summed E-state index contributed by atoms with van der Waals surface area (Å²) in [5.74, 6) is 0. The second kappa shape index (κ2) is 6.86. The molecule has 2 aromatic rings. The highest BCUT2D eigenvalue weighted by Gasteiger charge is 2.41. The number of halogens is 2. The second-order valence-corrected chi connectivity index (χ2v) is 8.21. The molecule has 1 saturated carbocycles. The first kappa shape index (κ1) is 16.2. The normalized spacial score (nSPS) is 20.2. The molecule has 0 heterocycles. The van der Waals surface area contributed by atoms with E-state index in [9.17, 15) is 5.11 Å². The van der Waals surface area contributed by atoms with Gasteiger partial charge in [-0.05, 0) is 61.1 Å². The highest BCUT2D eigenvalue weighted by molar-refractivity contribution is 9.10. The summed E-state index contributed by atoms with van der Waals surface area (Å²) >= 11 is 6.98. The van der Waals surface area contributed by atoms with Crippen LogP contribution in [0.25, 0.3) is 0 Å². The summed E-state index contributed by atoms with van der Waals surface area (Å²) in [7, 11) is 0. The van der Waals surface area contributed by atoms with Crippen molar-refractivity contribution in [3.05, 3.63) is 68.6 Å². The molecule has 3 heteroatoms. The Morgan fingerprint density at radius 2 is 1.32 bits per heavy atom. The Balaban J connectivity index is 1.84. The molecule has 1 atom stereocenters. The Morgan fingerprint density at radius 3 is 1.68 bits per heavy atom. The zero-order valence-corrected chi connectivity index (χ0v) is 15.6. The van der Waals surface area contributed by atoms with Crippen LogP contribution < -0.4 is 0 Å². The first-order valence-corrected chi connectivity index (χ1v) is 9.33. The van der Waals surface area contributed by atoms with Crippen LogP contribution in [0.4, 0.5) is 0 Å². The molecule has 22 heavy (non-hydrogen) atoms. The maximum atomic E-state index is 10.7. The maximum absolute atomic E-state index is 10.7. The van der Waals surface area contributed by atoms with Gasteiger partial charge in [0, 0.05) is 14.4 Å². The minimum atomic E-state index is -0.209. The molecule has 0 aromatic heterocycles. The molecule has 0 bridgehead atoms. The molecule has 1 nitrogen and oxygen atoms in total. The smallest absolute Gasteiger partial charge is 0.0602 e. The van der Waals surface area contributed by atoms with Crippen LogP contribution in [0.3, 0.4) is 0 Å². The molecule has 1 aliphatic rings. The van der Waals surface area contributed by atoms with Crippen LogP contribution in [0, 0.1) is 5.41 Å². The zero-order valence-electron chi connectivity index (χ0n) is 12.4. The standard InChI is InChI=1S/C19H20Br2O/c20-16-7-3-14(4-8-16)12-19(11-1-2-18(19)22)13-15-5-9-17(21)10-6-15/h3-10,18,22H,1-2,11-13H2. The van der Waals surface area contributed by atoms with Crippen molar-refractivity contribution in [2.24, 2.45) is 5.41 Å². The molecule has 3 rings (SSSR count). The van der Waals surface area contributed by atoms with E-state index < -0.39 is 0 Å². The van der Waals surface area contributed by atoms with E-state index in [1.54, 1.807) is 0 Å². The number of rotatable bonds is 4. The Morgan fingerprint density at radius 1 is 0.864 bits per heavy atom. The maximum Gasteiger partial charge on any atom is 0.0602 e. The third kappa shape index (κ3) is 3.64. The van der Waals surface area contributed by atoms with Crippen LogP contribution in [-0.2, 0) is 12.8 Å². The lowest BCUT2D eigenvalue weighted by Gasteiger charge is -2.33. The molecular formula is C19H20Br2O. The lowest BCUT2D eigenvalue weighted by molar-refractivity contribution is 0.0524. The molecule has 0 aliphatic heterocycles. The van der Waals surface area contributed by atoms with Gasteiger partial charge < -0.3 is 5.11 Å². The minimum absolute atomic E-state index is 0.0261. The van der Waals surface area contributed by atoms with Crippen LogP contribution in [-0.4, -0.2) is 11.2 Å². The van der Waals surface area contributed by atoms with Gasteiger partial charge in [-0.15, -0.1) is 0 Å². The summed E-state index contributed by atoms with van der Waals surface area (Å²) in [5.41, 5.74) is 2.59. The number of hydrogen-bond acceptors (Lipinski definition) is 1. The van der Waals surface area contributed by atoms with Gasteiger partial charge in [-0.1, -0.05) is 62.5 Å². The van der Waals surface area contributed by atoms with Crippen LogP contribution in [0.2, 0.25) is 0 Å². The van der Waals surface area contributed by atoms with Gasteiger partial charge in [0.2, 0.25) is 0 Å². The third-order valence-electron chi connectivity index (χ3n) is 4.80. The Labute approximate surface area is 149 Å². The number of hydrogen-bond donors (Lipinski definition) is 1. The van der Waals surface area contributed by atoms with Crippen molar-refractivity contribution < 1.29 is 5.11 Å². The average molecular weight is 424 g/mol. The van der Waals surface area contributed by atoms with Gasteiger partial charge in [-0.3, -0.25) is 0 Å². The minimum Gasteiger partial charge on any atom is -0.393 e. The van der Waals surface area contributed by atoms with Crippen LogP contribution in [0.1, 0.15) is 30.4 Å². The van der Waals surface area contributed by atoms with Gasteiger partial charge in [0.1, 0.15) is 0 Å². The number of benzene rings is 2. The van der Waals surface area contributed by atoms with Gasteiger partial charge in [0.25, 0.3) is 0 Å². The van der Waals surface area contributed by atoms with Crippen LogP contribution >= 0.6 is 31.9 Å². The highest BCUT2D eigenvalue weighted by atomic mass is 79.9. The molecule has 116 valence electrons. The topological polar surface area (TPSA) is 20.2 Å². The molecule has 0 saturated heterocycles. The molecule has 1 fully saturated rings. The van der Waals surface area contributed by atoms with Crippen molar-refractivity contribution in [2.75, 3.05) is 0 Å². The van der Waals surface area contributed by atoms with Gasteiger partial charge in [0.15, 0.2) is 0 Å². The van der Waals surface area contributed by atoms with E-state index >= 15 is 0 Å². The quantitative estimate of drug-likeness (QED) is 0.685. The molecular weight excluding hydrogens is 404 g/mol. The lowest BCUT2D eigenvalue weighted by atomic mass is 9.73. The summed E-state index contributed by atoms with van der Waals surface area (Å²) in [6.07, 6.45) is 4.82. The molecule has 0 radical (unpaired) electrons. The predicted molar refractivity (Wildman–Crippen MR) is 98.0 cm³/mol. The Bertz CT molecular complexity index is 571. The fraction of sp³-hybridized carbons (Fsp3) is 0.368. The Hall–Kier alpha value is -0.640. The van der Waals surface area contributed by atoms with E-state index in [1.807, 2.05) is 0 Å². The van der Waals surface area contributed by atoms with Gasteiger partial charge >= 0.3 is 0 Å². The van der Waals surface area contributed by atoms with E-state index in [4.69, 9.17) is 0 Å². The van der Waals surface area contributed by atoms with Crippen LogP contribution in [0.5, 0.6) is 0 Å². The third-order valence-corrected chi connectivity index (χ3v) is 5.86. The number of aliphatic hydroxyl groups is 1. The van der Waals surface area contributed by atoms with Crippen molar-refractivity contribution >= 4 is 31.9 Å². The Kier molecular flexibility index (Phi) is 5.06. The zero-order chi connectivity index (χ0) is 15.6. The van der Waals surface area contributed by atoms with Crippen LogP contribution in [0.15, 0.2) is 57.5 Å². The van der Waals surface area contributed by atoms with Gasteiger partial charge in [0.05, 0.1) is 6.10 Å². The van der Waals surface area contributed by atoms with E-state index in [2.05, 4.69) is 80.4 Å². The van der Waals surface area contributed by atoms with Crippen molar-refractivity contribution in [3.8, 4) is 0 Å². The molecule has 2 aromatic carbocycles. The molecule has 0 amide bonds. The van der Waals surface area contributed by atoms with Gasteiger partial charge in [-0.25, -0.2) is 0 Å². The second-order valence-electron chi connectivity index (χ2n) is 6.38. The monoisotopic (exact) mass is 422 g/mol. The lowest BCUT2D eigenvalue weighted by Crippen LogP contribution is -2.34. The van der Waals surface area contributed by atoms with Crippen molar-refractivity contribution in [2.45, 2.75) is 38.2 Å². The molecule has 1 unspecified atom stereocenters. The summed E-state index contributed by atoms with van der Waals surface area (Å²) in [6.45, 7) is 0. The SMILES string of the molecule is OC1CCCC1(Cc1ccc(Br)cc1)Cc1ccc(Br)cc1. The first-order valence-electron chi connectivity index (χ1n) is 7.74. The summed E-state index contributed by atoms with van der Waals surface area (Å²) < 4.78 is 2.20. The fourth-order valence-electron chi connectivity index (χ4n) is 3.61.